The lowest BCUT2D eigenvalue weighted by molar-refractivity contribution is 0.610. The highest BCUT2D eigenvalue weighted by Gasteiger charge is 2.37. The van der Waals surface area contributed by atoms with Gasteiger partial charge in [-0.05, 0) is 24.6 Å². The summed E-state index contributed by atoms with van der Waals surface area (Å²) in [7, 11) is -3.43. The van der Waals surface area contributed by atoms with Crippen molar-refractivity contribution in [3.05, 3.63) is 70.1 Å². The molecule has 0 amide bonds. The molecule has 1 aliphatic carbocycles. The molecule has 0 unspecified atom stereocenters. The van der Waals surface area contributed by atoms with Crippen LogP contribution in [-0.2, 0) is 9.84 Å². The zero-order chi connectivity index (χ0) is 14.3. The fourth-order valence-corrected chi connectivity index (χ4v) is 4.00. The Hall–Kier alpha value is -1.61. The van der Waals surface area contributed by atoms with Crippen LogP contribution in [0.1, 0.15) is 20.8 Å². The molecule has 3 heteroatoms. The first kappa shape index (κ1) is 13.8. The van der Waals surface area contributed by atoms with Crippen molar-refractivity contribution in [2.75, 3.05) is 0 Å². The molecule has 0 aromatic rings. The van der Waals surface area contributed by atoms with E-state index in [1.165, 1.54) is 6.08 Å². The van der Waals surface area contributed by atoms with Crippen LogP contribution >= 0.6 is 0 Å². The summed E-state index contributed by atoms with van der Waals surface area (Å²) in [4.78, 5) is 0.673. The summed E-state index contributed by atoms with van der Waals surface area (Å²) in [6.07, 6.45) is 12.6. The van der Waals surface area contributed by atoms with Crippen molar-refractivity contribution in [1.29, 1.82) is 0 Å². The van der Waals surface area contributed by atoms with Crippen LogP contribution in [0.5, 0.6) is 0 Å². The second kappa shape index (κ2) is 4.49. The zero-order valence-electron chi connectivity index (χ0n) is 11.5. The van der Waals surface area contributed by atoms with Crippen LogP contribution in [0.4, 0.5) is 0 Å². The van der Waals surface area contributed by atoms with Gasteiger partial charge in [0.25, 0.3) is 0 Å². The summed E-state index contributed by atoms with van der Waals surface area (Å²) in [5.41, 5.74) is 1.34. The maximum atomic E-state index is 12.5. The van der Waals surface area contributed by atoms with Crippen LogP contribution in [0.3, 0.4) is 0 Å². The van der Waals surface area contributed by atoms with Gasteiger partial charge in [0.1, 0.15) is 0 Å². The Kier molecular flexibility index (Phi) is 3.27. The van der Waals surface area contributed by atoms with Crippen LogP contribution in [-0.4, -0.2) is 8.42 Å². The molecule has 0 aromatic heterocycles. The van der Waals surface area contributed by atoms with Crippen LogP contribution in [0.2, 0.25) is 0 Å². The summed E-state index contributed by atoms with van der Waals surface area (Å²) >= 11 is 0. The smallest absolute Gasteiger partial charge is 0.207 e. The standard InChI is InChI=1S/C16H18O2S/c1-5-8-12-13-11-16(3,4)10-7-9-15(13)19(17,18)14(12)6-2/h5-11H,2H2,1,3-4H3/b8-5-. The summed E-state index contributed by atoms with van der Waals surface area (Å²) in [5.74, 6) is 0. The molecule has 19 heavy (non-hydrogen) atoms. The lowest BCUT2D eigenvalue weighted by Gasteiger charge is -2.15. The third-order valence-electron chi connectivity index (χ3n) is 3.21. The van der Waals surface area contributed by atoms with Gasteiger partial charge in [0, 0.05) is 11.0 Å². The van der Waals surface area contributed by atoms with Crippen molar-refractivity contribution in [3.63, 3.8) is 0 Å². The van der Waals surface area contributed by atoms with Gasteiger partial charge in [0.15, 0.2) is 0 Å². The molecule has 2 aliphatic rings. The lowest BCUT2D eigenvalue weighted by Crippen LogP contribution is -2.04. The molecular formula is C16H18O2S. The molecule has 0 aromatic carbocycles. The summed E-state index contributed by atoms with van der Waals surface area (Å²) in [6, 6.07) is 0. The molecule has 0 saturated carbocycles. The molecule has 0 N–H and O–H groups in total. The molecule has 100 valence electrons. The van der Waals surface area contributed by atoms with Crippen molar-refractivity contribution >= 4 is 9.84 Å². The highest BCUT2D eigenvalue weighted by molar-refractivity contribution is 7.99. The minimum atomic E-state index is -3.43. The van der Waals surface area contributed by atoms with Gasteiger partial charge in [-0.25, -0.2) is 8.42 Å². The lowest BCUT2D eigenvalue weighted by atomic mass is 9.89. The molecule has 2 nitrogen and oxygen atoms in total. The van der Waals surface area contributed by atoms with Gasteiger partial charge in [0.05, 0.1) is 9.81 Å². The molecule has 0 bridgehead atoms. The number of allylic oxidation sites excluding steroid dienone is 9. The second-order valence-electron chi connectivity index (χ2n) is 5.25. The number of sulfone groups is 1. The first-order valence-corrected chi connectivity index (χ1v) is 7.69. The predicted octanol–water partition coefficient (Wildman–Crippen LogP) is 3.84. The fourth-order valence-electron chi connectivity index (χ4n) is 2.36. The van der Waals surface area contributed by atoms with E-state index in [9.17, 15) is 8.42 Å². The van der Waals surface area contributed by atoms with Crippen LogP contribution in [0.15, 0.2) is 70.1 Å². The van der Waals surface area contributed by atoms with Gasteiger partial charge in [-0.15, -0.1) is 0 Å². The third-order valence-corrected chi connectivity index (χ3v) is 5.11. The van der Waals surface area contributed by atoms with E-state index in [1.54, 1.807) is 6.08 Å². The Morgan fingerprint density at radius 2 is 2.00 bits per heavy atom. The number of fused-ring (bicyclic) bond motifs is 1. The Balaban J connectivity index is 2.83. The van der Waals surface area contributed by atoms with E-state index in [4.69, 9.17) is 0 Å². The van der Waals surface area contributed by atoms with Crippen molar-refractivity contribution < 1.29 is 8.42 Å². The van der Waals surface area contributed by atoms with Gasteiger partial charge >= 0.3 is 0 Å². The molecule has 1 heterocycles. The van der Waals surface area contributed by atoms with E-state index in [-0.39, 0.29) is 5.41 Å². The molecular weight excluding hydrogens is 256 g/mol. The van der Waals surface area contributed by atoms with E-state index in [0.717, 1.165) is 11.1 Å². The van der Waals surface area contributed by atoms with Gasteiger partial charge in [-0.2, -0.15) is 0 Å². The first-order chi connectivity index (χ1) is 8.83. The van der Waals surface area contributed by atoms with Crippen LogP contribution in [0.25, 0.3) is 0 Å². The topological polar surface area (TPSA) is 34.1 Å². The minimum absolute atomic E-state index is 0.174. The van der Waals surface area contributed by atoms with Gasteiger partial charge < -0.3 is 0 Å². The highest BCUT2D eigenvalue weighted by Crippen LogP contribution is 2.44. The number of rotatable bonds is 2. The van der Waals surface area contributed by atoms with Gasteiger partial charge in [-0.1, -0.05) is 50.8 Å². The van der Waals surface area contributed by atoms with E-state index in [0.29, 0.717) is 9.81 Å². The van der Waals surface area contributed by atoms with Gasteiger partial charge in [0.2, 0.25) is 9.84 Å². The molecule has 0 atom stereocenters. The molecule has 0 spiro atoms. The SMILES string of the molecule is C=CC1=C(/C=C\C)C2=CC(C)(C)C=CC=C2S1(=O)=O. The Labute approximate surface area is 115 Å². The quantitative estimate of drug-likeness (QED) is 0.766. The van der Waals surface area contributed by atoms with Crippen LogP contribution in [0, 0.1) is 5.41 Å². The average molecular weight is 274 g/mol. The maximum Gasteiger partial charge on any atom is 0.207 e. The number of hydrogen-bond acceptors (Lipinski definition) is 2. The van der Waals surface area contributed by atoms with Crippen molar-refractivity contribution in [2.24, 2.45) is 5.41 Å². The second-order valence-corrected chi connectivity index (χ2v) is 7.14. The molecule has 0 radical (unpaired) electrons. The average Bonchev–Trinajstić information content (AvgIpc) is 2.44. The summed E-state index contributed by atoms with van der Waals surface area (Å²) in [5, 5.41) is 0. The van der Waals surface area contributed by atoms with Crippen molar-refractivity contribution in [2.45, 2.75) is 20.8 Å². The summed E-state index contributed by atoms with van der Waals surface area (Å²) in [6.45, 7) is 9.63. The van der Waals surface area contributed by atoms with Crippen molar-refractivity contribution in [1.82, 2.24) is 0 Å². The van der Waals surface area contributed by atoms with E-state index in [2.05, 4.69) is 20.4 Å². The first-order valence-electron chi connectivity index (χ1n) is 6.21. The fraction of sp³-hybridized carbons (Fsp3) is 0.250. The molecule has 2 rings (SSSR count). The Bertz CT molecular complexity index is 678. The molecule has 0 fully saturated rings. The van der Waals surface area contributed by atoms with E-state index < -0.39 is 9.84 Å². The minimum Gasteiger partial charge on any atom is -0.218 e. The maximum absolute atomic E-state index is 12.5. The zero-order valence-corrected chi connectivity index (χ0v) is 12.3. The normalized spacial score (nSPS) is 23.9. The molecule has 1 aliphatic heterocycles. The monoisotopic (exact) mass is 274 g/mol. The Morgan fingerprint density at radius 3 is 2.58 bits per heavy atom. The Morgan fingerprint density at radius 1 is 1.32 bits per heavy atom. The van der Waals surface area contributed by atoms with Crippen molar-refractivity contribution in [3.8, 4) is 0 Å². The summed E-state index contributed by atoms with van der Waals surface area (Å²) < 4.78 is 25.0. The van der Waals surface area contributed by atoms with Gasteiger partial charge in [-0.3, -0.25) is 0 Å². The van der Waals surface area contributed by atoms with E-state index >= 15 is 0 Å². The largest absolute Gasteiger partial charge is 0.218 e. The number of hydrogen-bond donors (Lipinski definition) is 0. The third kappa shape index (κ3) is 2.19. The predicted molar refractivity (Wildman–Crippen MR) is 80.0 cm³/mol. The van der Waals surface area contributed by atoms with E-state index in [1.807, 2.05) is 37.3 Å². The molecule has 0 saturated heterocycles. The highest BCUT2D eigenvalue weighted by atomic mass is 32.2. The van der Waals surface area contributed by atoms with Crippen LogP contribution < -0.4 is 0 Å².